The number of benzene rings is 1. The van der Waals surface area contributed by atoms with Gasteiger partial charge in [-0.1, -0.05) is 12.1 Å². The Morgan fingerprint density at radius 1 is 1.33 bits per heavy atom. The summed E-state index contributed by atoms with van der Waals surface area (Å²) in [6.07, 6.45) is -3.07. The SMILES string of the molecule is Nc1c(C(O)c2cn[nH]c2)cccc1C(F)(F)F. The molecule has 2 rings (SSSR count). The molecule has 0 saturated heterocycles. The first-order chi connectivity index (χ1) is 8.41. The lowest BCUT2D eigenvalue weighted by atomic mass is 9.99. The number of nitrogen functional groups attached to an aromatic ring is 1. The van der Waals surface area contributed by atoms with Crippen LogP contribution in [0.2, 0.25) is 0 Å². The van der Waals surface area contributed by atoms with Crippen LogP contribution in [0.15, 0.2) is 30.6 Å². The maximum atomic E-state index is 12.7. The lowest BCUT2D eigenvalue weighted by Crippen LogP contribution is -2.12. The van der Waals surface area contributed by atoms with Gasteiger partial charge in [-0.2, -0.15) is 18.3 Å². The number of aliphatic hydroxyl groups excluding tert-OH is 1. The van der Waals surface area contributed by atoms with Crippen LogP contribution in [0.3, 0.4) is 0 Å². The molecule has 0 aliphatic carbocycles. The van der Waals surface area contributed by atoms with Gasteiger partial charge in [0.15, 0.2) is 0 Å². The zero-order valence-corrected chi connectivity index (χ0v) is 9.07. The Morgan fingerprint density at radius 3 is 2.61 bits per heavy atom. The molecule has 7 heteroatoms. The number of halogens is 3. The van der Waals surface area contributed by atoms with Gasteiger partial charge in [-0.3, -0.25) is 5.10 Å². The Hall–Kier alpha value is -2.02. The van der Waals surface area contributed by atoms with E-state index in [0.29, 0.717) is 5.56 Å². The molecule has 4 nitrogen and oxygen atoms in total. The molecule has 96 valence electrons. The van der Waals surface area contributed by atoms with Crippen LogP contribution in [0.4, 0.5) is 18.9 Å². The van der Waals surface area contributed by atoms with Gasteiger partial charge in [-0.15, -0.1) is 0 Å². The Kier molecular flexibility index (Phi) is 3.00. The van der Waals surface area contributed by atoms with E-state index in [-0.39, 0.29) is 5.56 Å². The second-order valence-corrected chi connectivity index (χ2v) is 3.74. The molecular weight excluding hydrogens is 247 g/mol. The number of nitrogens with two attached hydrogens (primary N) is 1. The highest BCUT2D eigenvalue weighted by atomic mass is 19.4. The number of aliphatic hydroxyl groups is 1. The standard InChI is InChI=1S/C11H10F3N3O/c12-11(13,14)8-3-1-2-7(9(8)15)10(18)6-4-16-17-5-6/h1-5,10,18H,15H2,(H,16,17). The van der Waals surface area contributed by atoms with E-state index in [9.17, 15) is 18.3 Å². The number of alkyl halides is 3. The van der Waals surface area contributed by atoms with Crippen molar-refractivity contribution in [2.75, 3.05) is 5.73 Å². The highest BCUT2D eigenvalue weighted by Crippen LogP contribution is 2.37. The molecular formula is C11H10F3N3O. The monoisotopic (exact) mass is 257 g/mol. The van der Waals surface area contributed by atoms with Gasteiger partial charge >= 0.3 is 6.18 Å². The van der Waals surface area contributed by atoms with Gasteiger partial charge in [-0.05, 0) is 6.07 Å². The molecule has 1 aromatic heterocycles. The molecule has 0 saturated carbocycles. The summed E-state index contributed by atoms with van der Waals surface area (Å²) in [5, 5.41) is 16.0. The van der Waals surface area contributed by atoms with Gasteiger partial charge in [-0.25, -0.2) is 0 Å². The molecule has 0 spiro atoms. The van der Waals surface area contributed by atoms with Crippen molar-refractivity contribution in [3.63, 3.8) is 0 Å². The van der Waals surface area contributed by atoms with Crippen LogP contribution in [0.25, 0.3) is 0 Å². The summed E-state index contributed by atoms with van der Waals surface area (Å²) in [4.78, 5) is 0. The van der Waals surface area contributed by atoms with Crippen LogP contribution < -0.4 is 5.73 Å². The van der Waals surface area contributed by atoms with Crippen LogP contribution in [-0.4, -0.2) is 15.3 Å². The summed E-state index contributed by atoms with van der Waals surface area (Å²) in [5.74, 6) is 0. The number of nitrogens with one attached hydrogen (secondary N) is 1. The van der Waals surface area contributed by atoms with Crippen molar-refractivity contribution in [3.8, 4) is 0 Å². The van der Waals surface area contributed by atoms with E-state index in [1.165, 1.54) is 24.5 Å². The van der Waals surface area contributed by atoms with Gasteiger partial charge in [0.1, 0.15) is 6.10 Å². The molecule has 1 aromatic carbocycles. The summed E-state index contributed by atoms with van der Waals surface area (Å²) < 4.78 is 38.0. The summed E-state index contributed by atoms with van der Waals surface area (Å²) in [5.41, 5.74) is 4.39. The molecule has 0 fully saturated rings. The van der Waals surface area contributed by atoms with Crippen molar-refractivity contribution in [1.29, 1.82) is 0 Å². The Labute approximate surface area is 100 Å². The fraction of sp³-hybridized carbons (Fsp3) is 0.182. The highest BCUT2D eigenvalue weighted by Gasteiger charge is 2.34. The Bertz CT molecular complexity index is 537. The number of rotatable bonds is 2. The van der Waals surface area contributed by atoms with Crippen molar-refractivity contribution in [2.45, 2.75) is 12.3 Å². The van der Waals surface area contributed by atoms with Crippen molar-refractivity contribution in [1.82, 2.24) is 10.2 Å². The minimum atomic E-state index is -4.55. The van der Waals surface area contributed by atoms with Crippen LogP contribution in [0.1, 0.15) is 22.8 Å². The number of hydrogen-bond donors (Lipinski definition) is 3. The first-order valence-corrected chi connectivity index (χ1v) is 5.03. The first kappa shape index (κ1) is 12.4. The predicted octanol–water partition coefficient (Wildman–Crippen LogP) is 2.09. The van der Waals surface area contributed by atoms with E-state index >= 15 is 0 Å². The molecule has 0 aliphatic heterocycles. The van der Waals surface area contributed by atoms with Crippen LogP contribution in [0, 0.1) is 0 Å². The molecule has 0 radical (unpaired) electrons. The lowest BCUT2D eigenvalue weighted by molar-refractivity contribution is -0.137. The van der Waals surface area contributed by atoms with E-state index < -0.39 is 23.5 Å². The summed E-state index contributed by atoms with van der Waals surface area (Å²) in [7, 11) is 0. The molecule has 2 aromatic rings. The molecule has 4 N–H and O–H groups in total. The fourth-order valence-corrected chi connectivity index (χ4v) is 1.66. The van der Waals surface area contributed by atoms with Gasteiger partial charge in [0.05, 0.1) is 11.8 Å². The summed E-state index contributed by atoms with van der Waals surface area (Å²) in [6, 6.07) is 3.43. The topological polar surface area (TPSA) is 74.9 Å². The van der Waals surface area contributed by atoms with Crippen LogP contribution >= 0.6 is 0 Å². The largest absolute Gasteiger partial charge is 0.418 e. The lowest BCUT2D eigenvalue weighted by Gasteiger charge is -2.16. The normalized spacial score (nSPS) is 13.6. The van der Waals surface area contributed by atoms with E-state index in [4.69, 9.17) is 5.73 Å². The molecule has 1 unspecified atom stereocenters. The molecule has 0 bridgehead atoms. The number of nitrogens with zero attached hydrogens (tertiary/aromatic N) is 1. The molecule has 0 amide bonds. The number of aromatic nitrogens is 2. The minimum Gasteiger partial charge on any atom is -0.398 e. The maximum absolute atomic E-state index is 12.7. The third-order valence-corrected chi connectivity index (χ3v) is 2.57. The zero-order valence-electron chi connectivity index (χ0n) is 9.07. The Morgan fingerprint density at radius 2 is 2.06 bits per heavy atom. The smallest absolute Gasteiger partial charge is 0.398 e. The molecule has 18 heavy (non-hydrogen) atoms. The zero-order chi connectivity index (χ0) is 13.3. The summed E-state index contributed by atoms with van der Waals surface area (Å²) >= 11 is 0. The average molecular weight is 257 g/mol. The number of anilines is 1. The van der Waals surface area contributed by atoms with Crippen molar-refractivity contribution < 1.29 is 18.3 Å². The molecule has 1 atom stereocenters. The van der Waals surface area contributed by atoms with Crippen LogP contribution in [-0.2, 0) is 6.18 Å². The average Bonchev–Trinajstić information content (AvgIpc) is 2.80. The predicted molar refractivity (Wildman–Crippen MR) is 58.5 cm³/mol. The van der Waals surface area contributed by atoms with E-state index in [2.05, 4.69) is 10.2 Å². The van der Waals surface area contributed by atoms with E-state index in [0.717, 1.165) is 6.07 Å². The van der Waals surface area contributed by atoms with Crippen LogP contribution in [0.5, 0.6) is 0 Å². The van der Waals surface area contributed by atoms with E-state index in [1.807, 2.05) is 0 Å². The summed E-state index contributed by atoms with van der Waals surface area (Å²) in [6.45, 7) is 0. The third-order valence-electron chi connectivity index (χ3n) is 2.57. The number of H-pyrrole nitrogens is 1. The quantitative estimate of drug-likeness (QED) is 0.721. The van der Waals surface area contributed by atoms with Gasteiger partial charge in [0, 0.05) is 23.0 Å². The van der Waals surface area contributed by atoms with Crippen molar-refractivity contribution in [3.05, 3.63) is 47.3 Å². The minimum absolute atomic E-state index is 0.00576. The second-order valence-electron chi connectivity index (χ2n) is 3.74. The Balaban J connectivity index is 2.47. The van der Waals surface area contributed by atoms with Crippen molar-refractivity contribution >= 4 is 5.69 Å². The number of hydrogen-bond acceptors (Lipinski definition) is 3. The van der Waals surface area contributed by atoms with Gasteiger partial charge < -0.3 is 10.8 Å². The fourth-order valence-electron chi connectivity index (χ4n) is 1.66. The third kappa shape index (κ3) is 2.17. The number of para-hydroxylation sites is 1. The second kappa shape index (κ2) is 4.34. The van der Waals surface area contributed by atoms with Gasteiger partial charge in [0.2, 0.25) is 0 Å². The number of aromatic amines is 1. The maximum Gasteiger partial charge on any atom is 0.418 e. The van der Waals surface area contributed by atoms with Crippen molar-refractivity contribution in [2.24, 2.45) is 0 Å². The highest BCUT2D eigenvalue weighted by molar-refractivity contribution is 5.57. The van der Waals surface area contributed by atoms with Gasteiger partial charge in [0.25, 0.3) is 0 Å². The molecule has 0 aliphatic rings. The van der Waals surface area contributed by atoms with E-state index in [1.54, 1.807) is 0 Å². The first-order valence-electron chi connectivity index (χ1n) is 5.03. The molecule has 1 heterocycles.